The van der Waals surface area contributed by atoms with Gasteiger partial charge in [0, 0.05) is 17.5 Å². The third kappa shape index (κ3) is 3.11. The van der Waals surface area contributed by atoms with E-state index in [0.29, 0.717) is 34.0 Å². The number of fused-ring (bicyclic) bond motifs is 1. The summed E-state index contributed by atoms with van der Waals surface area (Å²) < 4.78 is 18.9. The second-order valence-corrected chi connectivity index (χ2v) is 5.90. The molecule has 3 N–H and O–H groups in total. The first-order valence-corrected chi connectivity index (χ1v) is 7.90. The van der Waals surface area contributed by atoms with E-state index in [9.17, 15) is 9.18 Å². The lowest BCUT2D eigenvalue weighted by Crippen LogP contribution is -2.12. The number of pyridine rings is 1. The van der Waals surface area contributed by atoms with Gasteiger partial charge in [-0.05, 0) is 35.7 Å². The molecule has 0 radical (unpaired) electrons. The highest BCUT2D eigenvalue weighted by molar-refractivity contribution is 6.43. The Morgan fingerprint density at radius 2 is 1.96 bits per heavy atom. The van der Waals surface area contributed by atoms with Gasteiger partial charge in [-0.3, -0.25) is 4.79 Å². The van der Waals surface area contributed by atoms with E-state index in [1.807, 2.05) is 0 Å². The van der Waals surface area contributed by atoms with E-state index in [1.54, 1.807) is 24.3 Å². The van der Waals surface area contributed by atoms with E-state index in [0.717, 1.165) is 0 Å². The van der Waals surface area contributed by atoms with Gasteiger partial charge in [-0.2, -0.15) is 0 Å². The fraction of sp³-hybridized carbons (Fsp3) is 0.118. The minimum Gasteiger partial charge on any atom is -0.490 e. The third-order valence-electron chi connectivity index (χ3n) is 3.51. The SMILES string of the molecule is NCCOc1c(-c2cc3ccc(F)cc3c(=O)[nH]2)ccc(Cl)c1Cl. The lowest BCUT2D eigenvalue weighted by molar-refractivity contribution is 0.330. The predicted octanol–water partition coefficient (Wildman–Crippen LogP) is 3.98. The Balaban J connectivity index is 2.22. The van der Waals surface area contributed by atoms with Crippen molar-refractivity contribution in [1.29, 1.82) is 0 Å². The number of hydrogen-bond acceptors (Lipinski definition) is 3. The van der Waals surface area contributed by atoms with Crippen molar-refractivity contribution in [3.8, 4) is 17.0 Å². The summed E-state index contributed by atoms with van der Waals surface area (Å²) in [4.78, 5) is 15.0. The van der Waals surface area contributed by atoms with E-state index in [2.05, 4.69) is 4.98 Å². The fourth-order valence-electron chi connectivity index (χ4n) is 2.42. The molecule has 1 aromatic heterocycles. The quantitative estimate of drug-likeness (QED) is 0.733. The Morgan fingerprint density at radius 3 is 2.71 bits per heavy atom. The molecule has 4 nitrogen and oxygen atoms in total. The molecule has 0 saturated carbocycles. The van der Waals surface area contributed by atoms with Crippen molar-refractivity contribution < 1.29 is 9.13 Å². The number of H-pyrrole nitrogens is 1. The highest BCUT2D eigenvalue weighted by Crippen LogP contribution is 2.40. The van der Waals surface area contributed by atoms with Crippen LogP contribution >= 0.6 is 23.2 Å². The highest BCUT2D eigenvalue weighted by Gasteiger charge is 2.15. The van der Waals surface area contributed by atoms with Crippen LogP contribution in [0.5, 0.6) is 5.75 Å². The van der Waals surface area contributed by atoms with Crippen LogP contribution in [0.25, 0.3) is 22.0 Å². The van der Waals surface area contributed by atoms with Crippen molar-refractivity contribution in [3.63, 3.8) is 0 Å². The van der Waals surface area contributed by atoms with Gasteiger partial charge in [0.1, 0.15) is 23.2 Å². The van der Waals surface area contributed by atoms with Gasteiger partial charge < -0.3 is 15.5 Å². The summed E-state index contributed by atoms with van der Waals surface area (Å²) in [6.45, 7) is 0.548. The van der Waals surface area contributed by atoms with Crippen molar-refractivity contribution in [3.05, 3.63) is 62.6 Å². The van der Waals surface area contributed by atoms with Crippen LogP contribution in [0, 0.1) is 5.82 Å². The first kappa shape index (κ1) is 16.8. The van der Waals surface area contributed by atoms with Gasteiger partial charge in [0.25, 0.3) is 5.56 Å². The molecule has 124 valence electrons. The molecule has 3 aromatic rings. The van der Waals surface area contributed by atoms with Gasteiger partial charge >= 0.3 is 0 Å². The predicted molar refractivity (Wildman–Crippen MR) is 94.5 cm³/mol. The average molecular weight is 367 g/mol. The summed E-state index contributed by atoms with van der Waals surface area (Å²) in [5.41, 5.74) is 6.13. The Kier molecular flexibility index (Phi) is 4.76. The minimum atomic E-state index is -0.470. The zero-order valence-electron chi connectivity index (χ0n) is 12.4. The van der Waals surface area contributed by atoms with Crippen LogP contribution in [0.15, 0.2) is 41.2 Å². The number of aromatic amines is 1. The molecule has 3 rings (SSSR count). The van der Waals surface area contributed by atoms with Crippen LogP contribution in [-0.4, -0.2) is 18.1 Å². The summed E-state index contributed by atoms with van der Waals surface area (Å²) in [5, 5.41) is 1.44. The first-order chi connectivity index (χ1) is 11.5. The van der Waals surface area contributed by atoms with Crippen LogP contribution in [-0.2, 0) is 0 Å². The number of benzene rings is 2. The molecule has 0 unspecified atom stereocenters. The van der Waals surface area contributed by atoms with Crippen LogP contribution in [0.2, 0.25) is 10.0 Å². The fourth-order valence-corrected chi connectivity index (χ4v) is 2.79. The maximum absolute atomic E-state index is 13.3. The zero-order valence-corrected chi connectivity index (χ0v) is 13.9. The maximum Gasteiger partial charge on any atom is 0.256 e. The molecule has 0 aliphatic heterocycles. The lowest BCUT2D eigenvalue weighted by Gasteiger charge is -2.14. The maximum atomic E-state index is 13.3. The summed E-state index contributed by atoms with van der Waals surface area (Å²) >= 11 is 12.3. The van der Waals surface area contributed by atoms with Crippen LogP contribution < -0.4 is 16.0 Å². The second kappa shape index (κ2) is 6.81. The standard InChI is InChI=1S/C17H13Cl2FN2O2/c18-13-4-3-11(16(15(13)19)24-6-5-21)14-7-9-1-2-10(20)8-12(9)17(23)22-14/h1-4,7-8H,5-6,21H2,(H,22,23). The average Bonchev–Trinajstić information content (AvgIpc) is 2.56. The highest BCUT2D eigenvalue weighted by atomic mass is 35.5. The molecule has 0 atom stereocenters. The molecular formula is C17H13Cl2FN2O2. The number of nitrogens with one attached hydrogen (secondary N) is 1. The molecule has 0 saturated heterocycles. The van der Waals surface area contributed by atoms with E-state index >= 15 is 0 Å². The number of nitrogens with two attached hydrogens (primary N) is 1. The molecule has 0 spiro atoms. The normalized spacial score (nSPS) is 11.0. The third-order valence-corrected chi connectivity index (χ3v) is 4.30. The van der Waals surface area contributed by atoms with Gasteiger partial charge in [-0.15, -0.1) is 0 Å². The molecule has 2 aromatic carbocycles. The Bertz CT molecular complexity index is 973. The summed E-state index contributed by atoms with van der Waals surface area (Å²) in [7, 11) is 0. The van der Waals surface area contributed by atoms with E-state index in [4.69, 9.17) is 33.7 Å². The summed E-state index contributed by atoms with van der Waals surface area (Å²) in [6.07, 6.45) is 0. The smallest absolute Gasteiger partial charge is 0.256 e. The largest absolute Gasteiger partial charge is 0.490 e. The van der Waals surface area contributed by atoms with Crippen LogP contribution in [0.1, 0.15) is 0 Å². The van der Waals surface area contributed by atoms with Gasteiger partial charge in [0.2, 0.25) is 0 Å². The zero-order chi connectivity index (χ0) is 17.3. The molecule has 0 aliphatic rings. The molecule has 0 bridgehead atoms. The molecule has 0 amide bonds. The molecule has 1 heterocycles. The van der Waals surface area contributed by atoms with Crippen LogP contribution in [0.4, 0.5) is 4.39 Å². The number of hydrogen-bond donors (Lipinski definition) is 2. The van der Waals surface area contributed by atoms with Crippen molar-refractivity contribution in [2.45, 2.75) is 0 Å². The number of aromatic nitrogens is 1. The Labute approximate surface area is 147 Å². The number of rotatable bonds is 4. The van der Waals surface area contributed by atoms with Gasteiger partial charge in [0.05, 0.1) is 10.7 Å². The van der Waals surface area contributed by atoms with Crippen molar-refractivity contribution in [2.75, 3.05) is 13.2 Å². The van der Waals surface area contributed by atoms with Gasteiger partial charge in [-0.25, -0.2) is 4.39 Å². The number of halogens is 3. The number of ether oxygens (including phenoxy) is 1. The van der Waals surface area contributed by atoms with Crippen LogP contribution in [0.3, 0.4) is 0 Å². The molecule has 0 fully saturated rings. The first-order valence-electron chi connectivity index (χ1n) is 7.15. The van der Waals surface area contributed by atoms with Crippen molar-refractivity contribution >= 4 is 34.0 Å². The van der Waals surface area contributed by atoms with E-state index in [1.165, 1.54) is 12.1 Å². The minimum absolute atomic E-state index is 0.239. The van der Waals surface area contributed by atoms with Gasteiger partial charge in [0.15, 0.2) is 0 Å². The summed E-state index contributed by atoms with van der Waals surface area (Å²) in [5.74, 6) is -0.131. The second-order valence-electron chi connectivity index (χ2n) is 5.12. The Hall–Kier alpha value is -2.08. The Morgan fingerprint density at radius 1 is 1.17 bits per heavy atom. The topological polar surface area (TPSA) is 68.1 Å². The van der Waals surface area contributed by atoms with Crippen molar-refractivity contribution in [2.24, 2.45) is 5.73 Å². The van der Waals surface area contributed by atoms with Crippen molar-refractivity contribution in [1.82, 2.24) is 4.98 Å². The molecular weight excluding hydrogens is 354 g/mol. The molecule has 0 aliphatic carbocycles. The molecule has 24 heavy (non-hydrogen) atoms. The monoisotopic (exact) mass is 366 g/mol. The molecule has 7 heteroatoms. The van der Waals surface area contributed by atoms with Gasteiger partial charge in [-0.1, -0.05) is 29.3 Å². The lowest BCUT2D eigenvalue weighted by atomic mass is 10.1. The van der Waals surface area contributed by atoms with E-state index < -0.39 is 11.4 Å². The van der Waals surface area contributed by atoms with E-state index in [-0.39, 0.29) is 17.0 Å². The summed E-state index contributed by atoms with van der Waals surface area (Å²) in [6, 6.07) is 9.07.